The maximum absolute atomic E-state index is 13.1. The number of hydrogen-bond donors (Lipinski definition) is 2. The Morgan fingerprint density at radius 1 is 1.20 bits per heavy atom. The van der Waals surface area contributed by atoms with Gasteiger partial charge in [0.05, 0.1) is 12.1 Å². The van der Waals surface area contributed by atoms with Crippen LogP contribution in [0.25, 0.3) is 0 Å². The van der Waals surface area contributed by atoms with Gasteiger partial charge in [0.25, 0.3) is 0 Å². The van der Waals surface area contributed by atoms with Crippen LogP contribution in [-0.2, 0) is 14.3 Å². The van der Waals surface area contributed by atoms with Gasteiger partial charge in [-0.3, -0.25) is 9.69 Å². The number of ether oxygens (including phenoxy) is 2. The van der Waals surface area contributed by atoms with E-state index in [1.807, 2.05) is 34.6 Å². The first-order valence-corrected chi connectivity index (χ1v) is 11.3. The average Bonchev–Trinajstić information content (AvgIpc) is 2.80. The molecular formula is C23H44N2O5. The molecule has 1 heterocycles. The zero-order chi connectivity index (χ0) is 23.2. The average molecular weight is 429 g/mol. The largest absolute Gasteiger partial charge is 0.444 e. The third-order valence-electron chi connectivity index (χ3n) is 5.43. The summed E-state index contributed by atoms with van der Waals surface area (Å²) in [4.78, 5) is 27.0. The molecule has 1 rings (SSSR count). The van der Waals surface area contributed by atoms with Gasteiger partial charge in [0.1, 0.15) is 11.3 Å². The van der Waals surface area contributed by atoms with E-state index < -0.39 is 17.4 Å². The van der Waals surface area contributed by atoms with Crippen LogP contribution in [-0.4, -0.2) is 58.6 Å². The predicted octanol–water partition coefficient (Wildman–Crippen LogP) is 4.22. The van der Waals surface area contributed by atoms with Crippen LogP contribution in [0, 0.1) is 5.41 Å². The fourth-order valence-corrected chi connectivity index (χ4v) is 3.95. The summed E-state index contributed by atoms with van der Waals surface area (Å²) in [6.07, 6.45) is 3.46. The fraction of sp³-hybridized carbons (Fsp3) is 0.913. The highest BCUT2D eigenvalue weighted by atomic mass is 16.6. The number of carbonyl (C=O) groups is 2. The van der Waals surface area contributed by atoms with Gasteiger partial charge in [0.15, 0.2) is 0 Å². The maximum Gasteiger partial charge on any atom is 0.412 e. The van der Waals surface area contributed by atoms with Gasteiger partial charge in [-0.2, -0.15) is 0 Å². The molecule has 0 aromatic rings. The predicted molar refractivity (Wildman–Crippen MR) is 118 cm³/mol. The zero-order valence-electron chi connectivity index (χ0n) is 20.3. The molecule has 0 aromatic heterocycles. The van der Waals surface area contributed by atoms with Gasteiger partial charge in [-0.05, 0) is 65.7 Å². The van der Waals surface area contributed by atoms with Gasteiger partial charge in [-0.25, -0.2) is 4.79 Å². The van der Waals surface area contributed by atoms with E-state index in [-0.39, 0.29) is 30.1 Å². The summed E-state index contributed by atoms with van der Waals surface area (Å²) < 4.78 is 12.0. The van der Waals surface area contributed by atoms with Crippen LogP contribution in [0.1, 0.15) is 93.9 Å². The van der Waals surface area contributed by atoms with Gasteiger partial charge < -0.3 is 19.9 Å². The number of amides is 2. The molecule has 30 heavy (non-hydrogen) atoms. The zero-order valence-corrected chi connectivity index (χ0v) is 20.3. The number of unbranched alkanes of at least 4 members (excludes halogenated alkanes) is 1. The number of aliphatic hydroxyl groups is 1. The van der Waals surface area contributed by atoms with Gasteiger partial charge in [0, 0.05) is 19.6 Å². The van der Waals surface area contributed by atoms with Crippen molar-refractivity contribution in [2.45, 2.75) is 117 Å². The number of rotatable bonds is 10. The van der Waals surface area contributed by atoms with E-state index in [2.05, 4.69) is 26.1 Å². The van der Waals surface area contributed by atoms with Gasteiger partial charge in [-0.15, -0.1) is 0 Å². The summed E-state index contributed by atoms with van der Waals surface area (Å²) in [5.41, 5.74) is -1.65. The summed E-state index contributed by atoms with van der Waals surface area (Å²) in [5, 5.41) is 12.4. The Balaban J connectivity index is 3.01. The van der Waals surface area contributed by atoms with E-state index >= 15 is 0 Å². The van der Waals surface area contributed by atoms with Crippen molar-refractivity contribution in [1.29, 1.82) is 0 Å². The first-order chi connectivity index (χ1) is 13.7. The Bertz CT molecular complexity index is 568. The second-order valence-electron chi connectivity index (χ2n) is 10.6. The van der Waals surface area contributed by atoms with E-state index in [4.69, 9.17) is 9.47 Å². The van der Waals surface area contributed by atoms with E-state index in [9.17, 15) is 14.7 Å². The van der Waals surface area contributed by atoms with Gasteiger partial charge >= 0.3 is 6.09 Å². The molecule has 1 fully saturated rings. The molecule has 1 saturated heterocycles. The van der Waals surface area contributed by atoms with Gasteiger partial charge in [-0.1, -0.05) is 27.2 Å². The minimum Gasteiger partial charge on any atom is -0.444 e. The van der Waals surface area contributed by atoms with Crippen LogP contribution in [0.15, 0.2) is 0 Å². The van der Waals surface area contributed by atoms with Crippen LogP contribution < -0.4 is 5.32 Å². The number of aliphatic hydroxyl groups excluding tert-OH is 1. The van der Waals surface area contributed by atoms with Crippen molar-refractivity contribution < 1.29 is 24.2 Å². The highest BCUT2D eigenvalue weighted by Crippen LogP contribution is 2.41. The van der Waals surface area contributed by atoms with E-state index in [1.165, 1.54) is 0 Å². The van der Waals surface area contributed by atoms with Crippen LogP contribution in [0.4, 0.5) is 4.79 Å². The molecule has 0 spiro atoms. The third kappa shape index (κ3) is 8.42. The summed E-state index contributed by atoms with van der Waals surface area (Å²) in [6.45, 7) is 16.3. The van der Waals surface area contributed by atoms with Crippen molar-refractivity contribution in [2.75, 3.05) is 13.2 Å². The highest BCUT2D eigenvalue weighted by Gasteiger charge is 2.52. The van der Waals surface area contributed by atoms with E-state index in [1.54, 1.807) is 4.90 Å². The molecule has 2 amide bonds. The van der Waals surface area contributed by atoms with Crippen molar-refractivity contribution in [3.05, 3.63) is 0 Å². The molecule has 176 valence electrons. The van der Waals surface area contributed by atoms with E-state index in [0.29, 0.717) is 32.2 Å². The Kier molecular flexibility index (Phi) is 9.61. The van der Waals surface area contributed by atoms with Crippen LogP contribution in [0.5, 0.6) is 0 Å². The number of nitrogens with one attached hydrogen (secondary N) is 1. The second-order valence-corrected chi connectivity index (χ2v) is 10.6. The SMILES string of the molecule is CCCCNC(=O)CC[C@@H]1OC(C)(C)N(C(=O)OC(C)(C)C)[C@H]1CC(C)(C)CCO. The molecule has 0 aromatic carbocycles. The third-order valence-corrected chi connectivity index (χ3v) is 5.43. The Morgan fingerprint density at radius 2 is 1.83 bits per heavy atom. The van der Waals surface area contributed by atoms with Crippen LogP contribution >= 0.6 is 0 Å². The Labute approximate surface area is 182 Å². The van der Waals surface area contributed by atoms with Crippen molar-refractivity contribution >= 4 is 12.0 Å². The van der Waals surface area contributed by atoms with E-state index in [0.717, 1.165) is 12.8 Å². The van der Waals surface area contributed by atoms with Crippen LogP contribution in [0.2, 0.25) is 0 Å². The second kappa shape index (κ2) is 10.8. The first-order valence-electron chi connectivity index (χ1n) is 11.3. The summed E-state index contributed by atoms with van der Waals surface area (Å²) in [5.74, 6) is 0.00828. The summed E-state index contributed by atoms with van der Waals surface area (Å²) in [7, 11) is 0. The summed E-state index contributed by atoms with van der Waals surface area (Å²) in [6, 6.07) is -0.236. The van der Waals surface area contributed by atoms with Crippen molar-refractivity contribution in [2.24, 2.45) is 5.41 Å². The highest BCUT2D eigenvalue weighted by molar-refractivity contribution is 5.76. The number of carbonyl (C=O) groups excluding carboxylic acids is 2. The summed E-state index contributed by atoms with van der Waals surface area (Å²) >= 11 is 0. The van der Waals surface area contributed by atoms with Crippen molar-refractivity contribution in [3.63, 3.8) is 0 Å². The lowest BCUT2D eigenvalue weighted by Gasteiger charge is -2.38. The topological polar surface area (TPSA) is 88.1 Å². The molecular weight excluding hydrogens is 384 g/mol. The number of hydrogen-bond acceptors (Lipinski definition) is 5. The molecule has 0 radical (unpaired) electrons. The molecule has 0 bridgehead atoms. The van der Waals surface area contributed by atoms with Crippen LogP contribution in [0.3, 0.4) is 0 Å². The molecule has 2 N–H and O–H groups in total. The quantitative estimate of drug-likeness (QED) is 0.509. The molecule has 0 unspecified atom stereocenters. The van der Waals surface area contributed by atoms with Crippen molar-refractivity contribution in [1.82, 2.24) is 10.2 Å². The normalized spacial score (nSPS) is 21.6. The maximum atomic E-state index is 13.1. The molecule has 7 nitrogen and oxygen atoms in total. The minimum atomic E-state index is -0.842. The van der Waals surface area contributed by atoms with Gasteiger partial charge in [0.2, 0.25) is 5.91 Å². The molecule has 0 saturated carbocycles. The Morgan fingerprint density at radius 3 is 2.37 bits per heavy atom. The molecule has 1 aliphatic heterocycles. The lowest BCUT2D eigenvalue weighted by Crippen LogP contribution is -2.51. The standard InChI is InChI=1S/C23H44N2O5/c1-9-10-14-24-19(27)12-11-18-17(16-22(5,6)13-15-26)25(23(7,8)29-18)20(28)30-21(2,3)4/h17-18,26H,9-16H2,1-8H3,(H,24,27)/t17-,18-/m0/s1. The minimum absolute atomic E-state index is 0.00828. The molecule has 2 atom stereocenters. The monoisotopic (exact) mass is 428 g/mol. The molecule has 1 aliphatic rings. The number of nitrogens with zero attached hydrogens (tertiary/aromatic N) is 1. The lowest BCUT2D eigenvalue weighted by atomic mass is 9.80. The Hall–Kier alpha value is -1.34. The fourth-order valence-electron chi connectivity index (χ4n) is 3.95. The smallest absolute Gasteiger partial charge is 0.412 e. The molecule has 7 heteroatoms. The molecule has 0 aliphatic carbocycles. The van der Waals surface area contributed by atoms with Crippen molar-refractivity contribution in [3.8, 4) is 0 Å². The lowest BCUT2D eigenvalue weighted by molar-refractivity contribution is -0.122. The first kappa shape index (κ1) is 26.7.